The van der Waals surface area contributed by atoms with Gasteiger partial charge < -0.3 is 15.4 Å². The summed E-state index contributed by atoms with van der Waals surface area (Å²) in [6.07, 6.45) is 5.81. The number of rotatable bonds is 7. The highest BCUT2D eigenvalue weighted by molar-refractivity contribution is 7.88. The highest BCUT2D eigenvalue weighted by Gasteiger charge is 2.54. The van der Waals surface area contributed by atoms with Gasteiger partial charge in [-0.2, -0.15) is 0 Å². The van der Waals surface area contributed by atoms with Crippen LogP contribution in [-0.2, 0) is 16.6 Å². The zero-order chi connectivity index (χ0) is 25.7. The van der Waals surface area contributed by atoms with Gasteiger partial charge in [-0.25, -0.2) is 22.7 Å². The molecule has 0 bridgehead atoms. The summed E-state index contributed by atoms with van der Waals surface area (Å²) in [6, 6.07) is 6.88. The van der Waals surface area contributed by atoms with Crippen molar-refractivity contribution in [1.29, 1.82) is 5.41 Å². The molecule has 3 N–H and O–H groups in total. The summed E-state index contributed by atoms with van der Waals surface area (Å²) < 4.78 is 30.5. The number of pyridine rings is 3. The molecule has 0 unspecified atom stereocenters. The minimum Gasteiger partial charge on any atom is -0.473 e. The first kappa shape index (κ1) is 24.7. The molecular weight excluding hydrogens is 525 g/mol. The van der Waals surface area contributed by atoms with E-state index in [0.717, 1.165) is 18.9 Å². The number of halogens is 2. The predicted molar refractivity (Wildman–Crippen MR) is 138 cm³/mol. The molecule has 188 valence electrons. The maximum atomic E-state index is 11.6. The quantitative estimate of drug-likeness (QED) is 0.430. The molecule has 13 heteroatoms. The Hall–Kier alpha value is -2.99. The van der Waals surface area contributed by atoms with Gasteiger partial charge in [0.1, 0.15) is 18.1 Å². The van der Waals surface area contributed by atoms with Crippen LogP contribution < -0.4 is 15.4 Å². The fourth-order valence-corrected chi connectivity index (χ4v) is 5.86. The number of ether oxygens (including phenoxy) is 1. The first-order valence-electron chi connectivity index (χ1n) is 11.0. The highest BCUT2D eigenvalue weighted by Crippen LogP contribution is 2.42. The van der Waals surface area contributed by atoms with Gasteiger partial charge >= 0.3 is 0 Å². The number of hydrogen-bond acceptors (Lipinski definition) is 9. The normalized spacial score (nSPS) is 16.9. The van der Waals surface area contributed by atoms with E-state index in [4.69, 9.17) is 39.1 Å². The van der Waals surface area contributed by atoms with Gasteiger partial charge in [-0.15, -0.1) is 0 Å². The third-order valence-electron chi connectivity index (χ3n) is 6.36. The monoisotopic (exact) mass is 547 g/mol. The smallest absolute Gasteiger partial charge is 0.214 e. The molecule has 0 radical (unpaired) electrons. The van der Waals surface area contributed by atoms with Crippen LogP contribution >= 0.6 is 23.2 Å². The molecule has 3 aromatic rings. The van der Waals surface area contributed by atoms with Crippen LogP contribution in [0.3, 0.4) is 0 Å². The summed E-state index contributed by atoms with van der Waals surface area (Å²) in [6.45, 7) is 2.69. The molecular formula is C23H23Cl2N7O3S. The standard InChI is InChI=1S/C23H23Cl2N7O3S/c1-36(33,34)32-12-23(13-32)10-31(11-23)19-4-2-14(6-29-19)21(27)22-18(26)3-5-20(30-22)35-9-15-16(24)7-28-8-17(15)25/h2-8,27H,9-13,26H2,1H3. The van der Waals surface area contributed by atoms with Crippen LogP contribution in [0.4, 0.5) is 11.5 Å². The Balaban J connectivity index is 1.24. The van der Waals surface area contributed by atoms with Crippen molar-refractivity contribution < 1.29 is 13.2 Å². The van der Waals surface area contributed by atoms with Gasteiger partial charge in [0.2, 0.25) is 15.9 Å². The molecule has 0 aromatic carbocycles. The number of sulfonamides is 1. The van der Waals surface area contributed by atoms with Crippen LogP contribution in [0.25, 0.3) is 0 Å². The molecule has 36 heavy (non-hydrogen) atoms. The average molecular weight is 548 g/mol. The van der Waals surface area contributed by atoms with Crippen LogP contribution in [0, 0.1) is 10.8 Å². The number of nitrogens with zero attached hydrogens (tertiary/aromatic N) is 5. The topological polar surface area (TPSA) is 138 Å². The molecule has 0 aliphatic carbocycles. The first-order chi connectivity index (χ1) is 17.0. The highest BCUT2D eigenvalue weighted by atomic mass is 35.5. The van der Waals surface area contributed by atoms with E-state index in [1.54, 1.807) is 24.4 Å². The maximum Gasteiger partial charge on any atom is 0.214 e. The average Bonchev–Trinajstić information content (AvgIpc) is 2.77. The van der Waals surface area contributed by atoms with Crippen LogP contribution in [-0.4, -0.2) is 65.8 Å². The SMILES string of the molecule is CS(=O)(=O)N1CC2(CN(c3ccc(C(=N)c4nc(OCc5c(Cl)cncc5Cl)ccc4N)cn3)C2)C1. The molecule has 0 saturated carbocycles. The molecule has 5 rings (SSSR count). The number of nitrogens with two attached hydrogens (primary N) is 1. The Morgan fingerprint density at radius 1 is 1.11 bits per heavy atom. The molecule has 2 aliphatic heterocycles. The summed E-state index contributed by atoms with van der Waals surface area (Å²) in [5, 5.41) is 9.40. The van der Waals surface area contributed by atoms with Gasteiger partial charge in [-0.1, -0.05) is 23.2 Å². The van der Waals surface area contributed by atoms with Crippen molar-refractivity contribution in [3.05, 3.63) is 69.7 Å². The molecule has 0 amide bonds. The van der Waals surface area contributed by atoms with Gasteiger partial charge in [-0.05, 0) is 18.2 Å². The molecule has 3 aromatic heterocycles. The van der Waals surface area contributed by atoms with Crippen LogP contribution in [0.5, 0.6) is 5.88 Å². The van der Waals surface area contributed by atoms with E-state index in [-0.39, 0.29) is 29.3 Å². The molecule has 10 nitrogen and oxygen atoms in total. The largest absolute Gasteiger partial charge is 0.473 e. The summed E-state index contributed by atoms with van der Waals surface area (Å²) in [4.78, 5) is 14.9. The van der Waals surface area contributed by atoms with Gasteiger partial charge in [0, 0.05) is 67.4 Å². The molecule has 2 aliphatic rings. The predicted octanol–water partition coefficient (Wildman–Crippen LogP) is 2.84. The Kier molecular flexibility index (Phi) is 6.27. The second kappa shape index (κ2) is 9.15. The van der Waals surface area contributed by atoms with Crippen molar-refractivity contribution in [3.63, 3.8) is 0 Å². The van der Waals surface area contributed by atoms with E-state index in [2.05, 4.69) is 19.9 Å². The van der Waals surface area contributed by atoms with E-state index in [0.29, 0.717) is 39.9 Å². The minimum absolute atomic E-state index is 0.0136. The summed E-state index contributed by atoms with van der Waals surface area (Å²) >= 11 is 12.3. The lowest BCUT2D eigenvalue weighted by molar-refractivity contribution is 0.0395. The van der Waals surface area contributed by atoms with Crippen molar-refractivity contribution >= 4 is 50.4 Å². The summed E-state index contributed by atoms with van der Waals surface area (Å²) in [5.74, 6) is 1.05. The van der Waals surface area contributed by atoms with Gasteiger partial charge in [0.15, 0.2) is 0 Å². The Morgan fingerprint density at radius 3 is 2.42 bits per heavy atom. The van der Waals surface area contributed by atoms with Crippen LogP contribution in [0.2, 0.25) is 10.0 Å². The fourth-order valence-electron chi connectivity index (χ4n) is 4.37. The lowest BCUT2D eigenvalue weighted by Crippen LogP contribution is -2.73. The Labute approximate surface area is 218 Å². The number of nitrogen functional groups attached to an aromatic ring is 1. The third kappa shape index (κ3) is 4.71. The Bertz CT molecular complexity index is 1420. The van der Waals surface area contributed by atoms with Gasteiger partial charge in [0.05, 0.1) is 27.7 Å². The first-order valence-corrected chi connectivity index (χ1v) is 13.6. The molecule has 2 saturated heterocycles. The van der Waals surface area contributed by atoms with E-state index in [1.165, 1.54) is 23.0 Å². The second-order valence-electron chi connectivity index (χ2n) is 9.12. The van der Waals surface area contributed by atoms with E-state index in [1.807, 2.05) is 6.07 Å². The van der Waals surface area contributed by atoms with Crippen LogP contribution in [0.1, 0.15) is 16.8 Å². The summed E-state index contributed by atoms with van der Waals surface area (Å²) in [7, 11) is -3.13. The second-order valence-corrected chi connectivity index (χ2v) is 11.9. The molecule has 2 fully saturated rings. The molecule has 0 atom stereocenters. The van der Waals surface area contributed by atoms with Crippen molar-refractivity contribution in [2.75, 3.05) is 43.1 Å². The summed E-state index contributed by atoms with van der Waals surface area (Å²) in [5.41, 5.74) is 7.97. The van der Waals surface area contributed by atoms with Crippen LogP contribution in [0.15, 0.2) is 42.9 Å². The van der Waals surface area contributed by atoms with Crippen molar-refractivity contribution in [2.24, 2.45) is 5.41 Å². The Morgan fingerprint density at radius 2 is 1.81 bits per heavy atom. The molecule has 5 heterocycles. The number of aromatic nitrogens is 3. The van der Waals surface area contributed by atoms with Crippen molar-refractivity contribution in [2.45, 2.75) is 6.61 Å². The lowest BCUT2D eigenvalue weighted by atomic mass is 9.74. The zero-order valence-electron chi connectivity index (χ0n) is 19.3. The number of hydrogen-bond donors (Lipinski definition) is 2. The zero-order valence-corrected chi connectivity index (χ0v) is 21.6. The van der Waals surface area contributed by atoms with E-state index < -0.39 is 10.0 Å². The number of nitrogens with one attached hydrogen (secondary N) is 1. The van der Waals surface area contributed by atoms with Gasteiger partial charge in [0.25, 0.3) is 0 Å². The fraction of sp³-hybridized carbons (Fsp3) is 0.304. The molecule has 1 spiro atoms. The van der Waals surface area contributed by atoms with Gasteiger partial charge in [-0.3, -0.25) is 10.4 Å². The van der Waals surface area contributed by atoms with Crippen molar-refractivity contribution in [3.8, 4) is 5.88 Å². The van der Waals surface area contributed by atoms with Crippen molar-refractivity contribution in [1.82, 2.24) is 19.3 Å². The third-order valence-corrected chi connectivity index (χ3v) is 8.21. The van der Waals surface area contributed by atoms with E-state index >= 15 is 0 Å². The number of anilines is 2. The maximum absolute atomic E-state index is 11.6. The van der Waals surface area contributed by atoms with E-state index in [9.17, 15) is 8.42 Å². The lowest BCUT2D eigenvalue weighted by Gasteiger charge is -2.59. The minimum atomic E-state index is -3.13.